The Hall–Kier alpha value is 0.0900. The van der Waals surface area contributed by atoms with Crippen molar-refractivity contribution in [3.8, 4) is 0 Å². The summed E-state index contributed by atoms with van der Waals surface area (Å²) in [7, 11) is 0. The lowest BCUT2D eigenvalue weighted by Crippen LogP contribution is -2.70. The number of hydrazine groups is 1. The van der Waals surface area contributed by atoms with E-state index in [9.17, 15) is 0 Å². The largest absolute Gasteiger partial charge is 0.377 e. The molecular formula is C18H33ClN4O. The van der Waals surface area contributed by atoms with Crippen LogP contribution in [0.2, 0.25) is 0 Å². The van der Waals surface area contributed by atoms with E-state index in [1.807, 2.05) is 0 Å². The molecule has 3 heterocycles. The Morgan fingerprint density at radius 1 is 1.00 bits per heavy atom. The van der Waals surface area contributed by atoms with Gasteiger partial charge in [-0.1, -0.05) is 0 Å². The van der Waals surface area contributed by atoms with Crippen LogP contribution in [0, 0.1) is 17.8 Å². The monoisotopic (exact) mass is 356 g/mol. The molecule has 24 heavy (non-hydrogen) atoms. The maximum atomic E-state index is 6.31. The fourth-order valence-corrected chi connectivity index (χ4v) is 5.53. The third kappa shape index (κ3) is 3.92. The van der Waals surface area contributed by atoms with Crippen LogP contribution in [0.3, 0.4) is 0 Å². The summed E-state index contributed by atoms with van der Waals surface area (Å²) in [6, 6.07) is 0.577. The topological polar surface area (TPSA) is 57.3 Å². The Morgan fingerprint density at radius 3 is 2.67 bits per heavy atom. The molecule has 5 atom stereocenters. The van der Waals surface area contributed by atoms with Crippen molar-refractivity contribution in [2.75, 3.05) is 26.2 Å². The number of hydrogen-bond donors (Lipinski definition) is 4. The zero-order chi connectivity index (χ0) is 16.4. The van der Waals surface area contributed by atoms with Crippen LogP contribution in [-0.4, -0.2) is 49.9 Å². The van der Waals surface area contributed by atoms with Gasteiger partial charge < -0.3 is 10.1 Å². The van der Waals surface area contributed by atoms with E-state index in [2.05, 4.69) is 21.5 Å². The molecule has 5 nitrogen and oxygen atoms in total. The molecule has 0 bridgehead atoms. The van der Waals surface area contributed by atoms with Crippen LogP contribution in [0.1, 0.15) is 44.9 Å². The van der Waals surface area contributed by atoms with Gasteiger partial charge in [-0.3, -0.25) is 10.7 Å². The second kappa shape index (κ2) is 8.19. The number of nitrogens with one attached hydrogen (secondary N) is 4. The van der Waals surface area contributed by atoms with E-state index in [4.69, 9.17) is 16.3 Å². The lowest BCUT2D eigenvalue weighted by Gasteiger charge is -2.50. The average Bonchev–Trinajstić information content (AvgIpc) is 3.14. The first-order valence-electron chi connectivity index (χ1n) is 10.0. The van der Waals surface area contributed by atoms with Crippen molar-refractivity contribution in [1.82, 2.24) is 21.5 Å². The molecule has 0 amide bonds. The SMILES string of the molecule is ClC1CCC(C2NNC(NCC3CCCO3)C3CCNCC32)CC1. The van der Waals surface area contributed by atoms with E-state index in [-0.39, 0.29) is 0 Å². The van der Waals surface area contributed by atoms with Crippen LogP contribution < -0.4 is 21.5 Å². The lowest BCUT2D eigenvalue weighted by molar-refractivity contribution is 0.0251. The number of ether oxygens (including phenoxy) is 1. The zero-order valence-corrected chi connectivity index (χ0v) is 15.4. The highest BCUT2D eigenvalue weighted by Gasteiger charge is 2.44. The van der Waals surface area contributed by atoms with Gasteiger partial charge in [0.05, 0.1) is 12.3 Å². The van der Waals surface area contributed by atoms with Gasteiger partial charge in [-0.05, 0) is 75.8 Å². The van der Waals surface area contributed by atoms with E-state index in [1.165, 1.54) is 44.9 Å². The predicted octanol–water partition coefficient (Wildman–Crippen LogP) is 1.58. The Labute approximate surface area is 151 Å². The molecule has 6 heteroatoms. The first-order chi connectivity index (χ1) is 11.8. The molecule has 1 aliphatic carbocycles. The Balaban J connectivity index is 1.36. The highest BCUT2D eigenvalue weighted by molar-refractivity contribution is 6.20. The Kier molecular flexibility index (Phi) is 5.97. The summed E-state index contributed by atoms with van der Waals surface area (Å²) in [5.41, 5.74) is 7.32. The number of fused-ring (bicyclic) bond motifs is 1. The summed E-state index contributed by atoms with van der Waals surface area (Å²) >= 11 is 6.31. The van der Waals surface area contributed by atoms with Gasteiger partial charge in [-0.15, -0.1) is 11.6 Å². The van der Waals surface area contributed by atoms with Crippen LogP contribution >= 0.6 is 11.6 Å². The Morgan fingerprint density at radius 2 is 1.88 bits per heavy atom. The van der Waals surface area contributed by atoms with Gasteiger partial charge >= 0.3 is 0 Å². The molecule has 5 unspecified atom stereocenters. The molecular weight excluding hydrogens is 324 g/mol. The minimum Gasteiger partial charge on any atom is -0.377 e. The van der Waals surface area contributed by atoms with E-state index in [0.29, 0.717) is 35.5 Å². The van der Waals surface area contributed by atoms with Crippen LogP contribution in [0.15, 0.2) is 0 Å². The van der Waals surface area contributed by atoms with Gasteiger partial charge in [0, 0.05) is 24.6 Å². The van der Waals surface area contributed by atoms with Gasteiger partial charge in [0.1, 0.15) is 0 Å². The standard InChI is InChI=1S/C18H33ClN4O/c19-13-5-3-12(4-6-13)17-16-11-20-8-7-15(16)18(23-22-17)21-10-14-2-1-9-24-14/h12-18,20-23H,1-11H2. The van der Waals surface area contributed by atoms with Crippen LogP contribution in [0.25, 0.3) is 0 Å². The molecule has 3 aliphatic heterocycles. The summed E-state index contributed by atoms with van der Waals surface area (Å²) in [5, 5.41) is 7.78. The van der Waals surface area contributed by atoms with Crippen molar-refractivity contribution < 1.29 is 4.74 Å². The Bertz CT molecular complexity index is 398. The minimum atomic E-state index is 0.363. The smallest absolute Gasteiger partial charge is 0.0737 e. The number of halogens is 1. The molecule has 4 fully saturated rings. The summed E-state index contributed by atoms with van der Waals surface area (Å²) in [6.07, 6.45) is 9.33. The maximum absolute atomic E-state index is 6.31. The van der Waals surface area contributed by atoms with Crippen molar-refractivity contribution in [3.05, 3.63) is 0 Å². The molecule has 0 spiro atoms. The molecule has 3 saturated heterocycles. The van der Waals surface area contributed by atoms with Crippen LogP contribution in [0.4, 0.5) is 0 Å². The van der Waals surface area contributed by atoms with Gasteiger partial charge in [0.25, 0.3) is 0 Å². The molecule has 4 rings (SSSR count). The van der Waals surface area contributed by atoms with E-state index >= 15 is 0 Å². The van der Waals surface area contributed by atoms with E-state index < -0.39 is 0 Å². The molecule has 0 aromatic rings. The molecule has 0 aromatic heterocycles. The highest BCUT2D eigenvalue weighted by atomic mass is 35.5. The number of hydrogen-bond acceptors (Lipinski definition) is 5. The molecule has 0 radical (unpaired) electrons. The van der Waals surface area contributed by atoms with Crippen molar-refractivity contribution in [2.24, 2.45) is 17.8 Å². The van der Waals surface area contributed by atoms with Crippen molar-refractivity contribution in [2.45, 2.75) is 68.6 Å². The van der Waals surface area contributed by atoms with E-state index in [0.717, 1.165) is 32.2 Å². The fraction of sp³-hybridized carbons (Fsp3) is 1.00. The van der Waals surface area contributed by atoms with Gasteiger partial charge in [-0.25, -0.2) is 5.43 Å². The van der Waals surface area contributed by atoms with Crippen molar-refractivity contribution in [1.29, 1.82) is 0 Å². The first-order valence-corrected chi connectivity index (χ1v) is 10.5. The number of piperidine rings is 1. The highest BCUT2D eigenvalue weighted by Crippen LogP contribution is 2.37. The predicted molar refractivity (Wildman–Crippen MR) is 96.9 cm³/mol. The number of alkyl halides is 1. The average molecular weight is 357 g/mol. The minimum absolute atomic E-state index is 0.363. The molecule has 138 valence electrons. The second-order valence-corrected chi connectivity index (χ2v) is 8.79. The molecule has 1 saturated carbocycles. The number of rotatable bonds is 4. The molecule has 4 N–H and O–H groups in total. The fourth-order valence-electron chi connectivity index (χ4n) is 5.28. The quantitative estimate of drug-likeness (QED) is 0.576. The lowest BCUT2D eigenvalue weighted by atomic mass is 9.70. The van der Waals surface area contributed by atoms with Crippen LogP contribution in [-0.2, 0) is 4.74 Å². The first kappa shape index (κ1) is 17.5. The molecule has 4 aliphatic rings. The van der Waals surface area contributed by atoms with Crippen molar-refractivity contribution in [3.63, 3.8) is 0 Å². The maximum Gasteiger partial charge on any atom is 0.0737 e. The summed E-state index contributed by atoms with van der Waals surface area (Å²) < 4.78 is 5.77. The zero-order valence-electron chi connectivity index (χ0n) is 14.6. The second-order valence-electron chi connectivity index (χ2n) is 8.17. The van der Waals surface area contributed by atoms with E-state index in [1.54, 1.807) is 0 Å². The van der Waals surface area contributed by atoms with Gasteiger partial charge in [0.2, 0.25) is 0 Å². The molecule has 0 aromatic carbocycles. The van der Waals surface area contributed by atoms with Crippen molar-refractivity contribution >= 4 is 11.6 Å². The third-order valence-electron chi connectivity index (χ3n) is 6.68. The summed E-state index contributed by atoms with van der Waals surface area (Å²) in [5.74, 6) is 2.17. The normalized spacial score (nSPS) is 46.6. The summed E-state index contributed by atoms with van der Waals surface area (Å²) in [6.45, 7) is 4.19. The third-order valence-corrected chi connectivity index (χ3v) is 7.11. The van der Waals surface area contributed by atoms with Crippen LogP contribution in [0.5, 0.6) is 0 Å². The van der Waals surface area contributed by atoms with Gasteiger partial charge in [-0.2, -0.15) is 0 Å². The summed E-state index contributed by atoms with van der Waals surface area (Å²) in [4.78, 5) is 0. The van der Waals surface area contributed by atoms with Gasteiger partial charge in [0.15, 0.2) is 0 Å².